The number of ether oxygens (including phenoxy) is 2. The summed E-state index contributed by atoms with van der Waals surface area (Å²) in [4.78, 5) is 21.1. The van der Waals surface area contributed by atoms with Crippen molar-refractivity contribution in [3.63, 3.8) is 0 Å². The summed E-state index contributed by atoms with van der Waals surface area (Å²) in [6.45, 7) is 2.59. The second-order valence-electron chi connectivity index (χ2n) is 7.70. The molecule has 0 bridgehead atoms. The highest BCUT2D eigenvalue weighted by Gasteiger charge is 2.36. The van der Waals surface area contributed by atoms with Gasteiger partial charge in [0.05, 0.1) is 17.2 Å². The lowest BCUT2D eigenvalue weighted by atomic mass is 10.1. The molecule has 8 nitrogen and oxygen atoms in total. The van der Waals surface area contributed by atoms with Gasteiger partial charge in [-0.1, -0.05) is 41.9 Å². The molecule has 1 amide bonds. The van der Waals surface area contributed by atoms with Crippen molar-refractivity contribution in [1.82, 2.24) is 9.99 Å². The minimum absolute atomic E-state index is 0.0742. The molecule has 0 unspecified atom stereocenters. The number of nitrogens with one attached hydrogen (secondary N) is 1. The standard InChI is InChI=1S/C26H20ClN5O3S/c1-2-34-21-13-17(12-20(27)22(21)35-15-16-7-4-3-5-8-16)11-19-23(28)32-26(30-24(19)33)36-25(31-32)18-9-6-10-29-14-18/h3-14,28H,2,15H2,1H3. The molecule has 36 heavy (non-hydrogen) atoms. The largest absolute Gasteiger partial charge is 0.490 e. The summed E-state index contributed by atoms with van der Waals surface area (Å²) in [5, 5.41) is 15.7. The second kappa shape index (κ2) is 10.3. The van der Waals surface area contributed by atoms with Gasteiger partial charge in [0, 0.05) is 18.0 Å². The van der Waals surface area contributed by atoms with Crippen LogP contribution in [0.15, 0.2) is 82.7 Å². The minimum atomic E-state index is -0.528. The fourth-order valence-corrected chi connectivity index (χ4v) is 4.72. The maximum Gasteiger partial charge on any atom is 0.283 e. The van der Waals surface area contributed by atoms with Gasteiger partial charge in [0.1, 0.15) is 11.7 Å². The third-order valence-electron chi connectivity index (χ3n) is 5.23. The van der Waals surface area contributed by atoms with Crippen LogP contribution < -0.4 is 9.47 Å². The topological polar surface area (TPSA) is 100 Å². The number of halogens is 1. The van der Waals surface area contributed by atoms with E-state index in [-0.39, 0.29) is 11.4 Å². The molecule has 0 fully saturated rings. The lowest BCUT2D eigenvalue weighted by molar-refractivity contribution is -0.114. The lowest BCUT2D eigenvalue weighted by Crippen LogP contribution is -2.35. The van der Waals surface area contributed by atoms with Crippen molar-refractivity contribution in [2.24, 2.45) is 10.1 Å². The van der Waals surface area contributed by atoms with Crippen molar-refractivity contribution < 1.29 is 14.3 Å². The fourth-order valence-electron chi connectivity index (χ4n) is 3.57. The van der Waals surface area contributed by atoms with E-state index < -0.39 is 5.91 Å². The fraction of sp³-hybridized carbons (Fsp3) is 0.115. The molecular formula is C26H20ClN5O3S. The highest BCUT2D eigenvalue weighted by atomic mass is 35.5. The number of hydrogen-bond acceptors (Lipinski definition) is 7. The number of pyridine rings is 1. The van der Waals surface area contributed by atoms with E-state index in [1.165, 1.54) is 16.8 Å². The second-order valence-corrected chi connectivity index (χ2v) is 9.07. The monoisotopic (exact) mass is 517 g/mol. The molecule has 0 radical (unpaired) electrons. The van der Waals surface area contributed by atoms with Crippen LogP contribution in [0.4, 0.5) is 0 Å². The number of carbonyl (C=O) groups excluding carboxylic acids is 1. The number of hydrazone groups is 1. The zero-order valence-corrected chi connectivity index (χ0v) is 20.7. The lowest BCUT2D eigenvalue weighted by Gasteiger charge is -2.20. The van der Waals surface area contributed by atoms with Crippen molar-refractivity contribution in [3.05, 3.63) is 94.3 Å². The van der Waals surface area contributed by atoms with Crippen LogP contribution in [-0.4, -0.2) is 38.6 Å². The molecule has 2 aliphatic heterocycles. The molecule has 5 rings (SSSR count). The van der Waals surface area contributed by atoms with Crippen LogP contribution in [0.2, 0.25) is 5.02 Å². The Balaban J connectivity index is 1.43. The number of aliphatic imine (C=N–C) groups is 1. The highest BCUT2D eigenvalue weighted by molar-refractivity contribution is 8.27. The average molecular weight is 518 g/mol. The first-order valence-corrected chi connectivity index (χ1v) is 12.3. The highest BCUT2D eigenvalue weighted by Crippen LogP contribution is 2.38. The van der Waals surface area contributed by atoms with Crippen LogP contribution in [-0.2, 0) is 11.4 Å². The molecule has 0 spiro atoms. The van der Waals surface area contributed by atoms with Gasteiger partial charge in [0.25, 0.3) is 5.91 Å². The number of carbonyl (C=O) groups is 1. The Kier molecular flexibility index (Phi) is 6.84. The number of aromatic nitrogens is 1. The van der Waals surface area contributed by atoms with Crippen molar-refractivity contribution in [1.29, 1.82) is 5.41 Å². The Morgan fingerprint density at radius 2 is 1.97 bits per heavy atom. The zero-order chi connectivity index (χ0) is 25.1. The van der Waals surface area contributed by atoms with Crippen molar-refractivity contribution in [2.75, 3.05) is 6.61 Å². The van der Waals surface area contributed by atoms with Gasteiger partial charge >= 0.3 is 0 Å². The first-order chi connectivity index (χ1) is 17.5. The van der Waals surface area contributed by atoms with Gasteiger partial charge in [-0.15, -0.1) is 0 Å². The van der Waals surface area contributed by atoms with Crippen LogP contribution in [0.3, 0.4) is 0 Å². The number of fused-ring (bicyclic) bond motifs is 1. The van der Waals surface area contributed by atoms with E-state index >= 15 is 0 Å². The predicted molar refractivity (Wildman–Crippen MR) is 142 cm³/mol. The van der Waals surface area contributed by atoms with Crippen molar-refractivity contribution in [3.8, 4) is 11.5 Å². The molecular weight excluding hydrogens is 498 g/mol. The van der Waals surface area contributed by atoms with Gasteiger partial charge < -0.3 is 9.47 Å². The maximum absolute atomic E-state index is 12.8. The van der Waals surface area contributed by atoms with Gasteiger partial charge in [0.15, 0.2) is 17.3 Å². The first-order valence-electron chi connectivity index (χ1n) is 11.1. The summed E-state index contributed by atoms with van der Waals surface area (Å²) >= 11 is 7.78. The van der Waals surface area contributed by atoms with Gasteiger partial charge in [-0.3, -0.25) is 15.2 Å². The van der Waals surface area contributed by atoms with Crippen LogP contribution in [0, 0.1) is 5.41 Å². The Morgan fingerprint density at radius 1 is 1.14 bits per heavy atom. The molecule has 10 heteroatoms. The Labute approximate surface area is 216 Å². The Morgan fingerprint density at radius 3 is 2.72 bits per heavy atom. The van der Waals surface area contributed by atoms with Gasteiger partial charge in [0.2, 0.25) is 5.17 Å². The molecule has 2 aromatic carbocycles. The van der Waals surface area contributed by atoms with E-state index in [0.29, 0.717) is 45.5 Å². The molecule has 180 valence electrons. The summed E-state index contributed by atoms with van der Waals surface area (Å²) in [6.07, 6.45) is 4.90. The molecule has 0 saturated carbocycles. The van der Waals surface area contributed by atoms with E-state index in [4.69, 9.17) is 26.5 Å². The minimum Gasteiger partial charge on any atom is -0.490 e. The summed E-state index contributed by atoms with van der Waals surface area (Å²) < 4.78 is 11.7. The van der Waals surface area contributed by atoms with E-state index in [1.807, 2.05) is 43.3 Å². The molecule has 3 aromatic rings. The predicted octanol–water partition coefficient (Wildman–Crippen LogP) is 5.38. The number of thioether (sulfide) groups is 1. The molecule has 3 heterocycles. The molecule has 1 aromatic heterocycles. The van der Waals surface area contributed by atoms with E-state index in [9.17, 15) is 4.79 Å². The number of rotatable bonds is 7. The first kappa shape index (κ1) is 23.8. The number of benzene rings is 2. The van der Waals surface area contributed by atoms with Crippen molar-refractivity contribution in [2.45, 2.75) is 13.5 Å². The summed E-state index contributed by atoms with van der Waals surface area (Å²) in [5.74, 6) is 0.256. The van der Waals surface area contributed by atoms with Crippen LogP contribution in [0.1, 0.15) is 23.6 Å². The summed E-state index contributed by atoms with van der Waals surface area (Å²) in [6, 6.07) is 16.8. The molecule has 0 atom stereocenters. The van der Waals surface area contributed by atoms with Crippen LogP contribution in [0.25, 0.3) is 6.08 Å². The molecule has 0 aliphatic carbocycles. The number of nitrogens with zero attached hydrogens (tertiary/aromatic N) is 4. The average Bonchev–Trinajstić information content (AvgIpc) is 3.32. The smallest absolute Gasteiger partial charge is 0.283 e. The normalized spacial score (nSPS) is 16.1. The third-order valence-corrected chi connectivity index (χ3v) is 6.47. The number of amides is 1. The number of hydrogen-bond donors (Lipinski definition) is 1. The van der Waals surface area contributed by atoms with E-state index in [2.05, 4.69) is 15.1 Å². The Hall–Kier alpha value is -3.95. The van der Waals surface area contributed by atoms with Gasteiger partial charge in [-0.25, -0.2) is 0 Å². The Bertz CT molecular complexity index is 1420. The molecule has 2 aliphatic rings. The SMILES string of the molecule is CCOc1cc(C=C2C(=N)N3N=C(c4cccnc4)SC3=NC2=O)cc(Cl)c1OCc1ccccc1. The zero-order valence-electron chi connectivity index (χ0n) is 19.1. The van der Waals surface area contributed by atoms with Crippen LogP contribution in [0.5, 0.6) is 11.5 Å². The van der Waals surface area contributed by atoms with Crippen LogP contribution >= 0.6 is 23.4 Å². The summed E-state index contributed by atoms with van der Waals surface area (Å²) in [7, 11) is 0. The molecule has 0 saturated heterocycles. The third kappa shape index (κ3) is 4.89. The molecule has 1 N–H and O–H groups in total. The van der Waals surface area contributed by atoms with E-state index in [1.54, 1.807) is 36.7 Å². The summed E-state index contributed by atoms with van der Waals surface area (Å²) in [5.41, 5.74) is 2.44. The van der Waals surface area contributed by atoms with Crippen molar-refractivity contribution >= 4 is 51.4 Å². The van der Waals surface area contributed by atoms with Gasteiger partial charge in [-0.05, 0) is 60.2 Å². The number of amidine groups is 2. The quantitative estimate of drug-likeness (QED) is 0.422. The maximum atomic E-state index is 12.8. The van der Waals surface area contributed by atoms with Gasteiger partial charge in [-0.2, -0.15) is 15.1 Å². The van der Waals surface area contributed by atoms with E-state index in [0.717, 1.165) is 11.1 Å².